The molecule has 3 heterocycles. The van der Waals surface area contributed by atoms with Gasteiger partial charge in [-0.15, -0.1) is 11.3 Å². The smallest absolute Gasteiger partial charge is 0.302 e. The average molecular weight is 424 g/mol. The van der Waals surface area contributed by atoms with Crippen molar-refractivity contribution in [2.45, 2.75) is 6.92 Å². The van der Waals surface area contributed by atoms with Crippen molar-refractivity contribution in [3.05, 3.63) is 64.2 Å². The maximum atomic E-state index is 12.7. The molecular weight excluding hydrogens is 404 g/mol. The zero-order valence-electron chi connectivity index (χ0n) is 16.3. The summed E-state index contributed by atoms with van der Waals surface area (Å²) in [5.74, 6) is -0.521. The van der Waals surface area contributed by atoms with Gasteiger partial charge in [0.1, 0.15) is 6.26 Å². The molecule has 154 valence electrons. The zero-order chi connectivity index (χ0) is 21.1. The number of carbonyl (C=O) groups excluding carboxylic acids is 3. The number of carbonyl (C=O) groups is 3. The minimum Gasteiger partial charge on any atom is -0.431 e. The average Bonchev–Trinajstić information content (AvgIpc) is 3.46. The molecule has 30 heavy (non-hydrogen) atoms. The molecule has 0 spiro atoms. The molecule has 4 rings (SSSR count). The topological polar surface area (TPSA) is 95.8 Å². The summed E-state index contributed by atoms with van der Waals surface area (Å²) < 4.78 is 5.24. The SMILES string of the molecule is CC(=O)c1ccc(N2CCN(C(=O)c3coc(NC(=O)c4cccs4)n3)CC2)cc1. The maximum Gasteiger partial charge on any atom is 0.302 e. The molecule has 1 saturated heterocycles. The molecule has 0 unspecified atom stereocenters. The monoisotopic (exact) mass is 424 g/mol. The molecule has 1 aliphatic rings. The number of piperazine rings is 1. The summed E-state index contributed by atoms with van der Waals surface area (Å²) in [7, 11) is 0. The fourth-order valence-corrected chi connectivity index (χ4v) is 3.85. The van der Waals surface area contributed by atoms with Crippen molar-refractivity contribution in [2.75, 3.05) is 36.4 Å². The van der Waals surface area contributed by atoms with E-state index < -0.39 is 0 Å². The van der Waals surface area contributed by atoms with E-state index in [-0.39, 0.29) is 29.3 Å². The number of nitrogens with zero attached hydrogens (tertiary/aromatic N) is 3. The van der Waals surface area contributed by atoms with Crippen LogP contribution in [0.15, 0.2) is 52.5 Å². The molecule has 1 aliphatic heterocycles. The number of anilines is 2. The number of amides is 2. The summed E-state index contributed by atoms with van der Waals surface area (Å²) in [5.41, 5.74) is 1.86. The van der Waals surface area contributed by atoms with Gasteiger partial charge in [0.25, 0.3) is 11.8 Å². The maximum absolute atomic E-state index is 12.7. The second kappa shape index (κ2) is 8.50. The first-order valence-electron chi connectivity index (χ1n) is 9.47. The lowest BCUT2D eigenvalue weighted by atomic mass is 10.1. The molecule has 0 aliphatic carbocycles. The van der Waals surface area contributed by atoms with E-state index in [1.807, 2.05) is 24.3 Å². The second-order valence-electron chi connectivity index (χ2n) is 6.85. The number of hydrogen-bond donors (Lipinski definition) is 1. The van der Waals surface area contributed by atoms with Gasteiger partial charge in [0, 0.05) is 37.4 Å². The largest absolute Gasteiger partial charge is 0.431 e. The summed E-state index contributed by atoms with van der Waals surface area (Å²) in [4.78, 5) is 44.7. The molecule has 0 atom stereocenters. The number of thiophene rings is 1. The van der Waals surface area contributed by atoms with Crippen LogP contribution in [-0.4, -0.2) is 53.7 Å². The van der Waals surface area contributed by atoms with Crippen LogP contribution < -0.4 is 10.2 Å². The van der Waals surface area contributed by atoms with Crippen LogP contribution in [0.4, 0.5) is 11.7 Å². The second-order valence-corrected chi connectivity index (χ2v) is 7.80. The van der Waals surface area contributed by atoms with Crippen molar-refractivity contribution < 1.29 is 18.8 Å². The Hall–Kier alpha value is -3.46. The molecule has 9 heteroatoms. The molecule has 3 aromatic rings. The first-order valence-corrected chi connectivity index (χ1v) is 10.3. The minimum absolute atomic E-state index is 0.000877. The Labute approximate surface area is 177 Å². The Morgan fingerprint density at radius 3 is 2.43 bits per heavy atom. The highest BCUT2D eigenvalue weighted by Gasteiger charge is 2.25. The Morgan fingerprint density at radius 2 is 1.80 bits per heavy atom. The fraction of sp³-hybridized carbons (Fsp3) is 0.238. The van der Waals surface area contributed by atoms with Crippen LogP contribution in [0, 0.1) is 0 Å². The van der Waals surface area contributed by atoms with E-state index in [4.69, 9.17) is 4.42 Å². The van der Waals surface area contributed by atoms with Gasteiger partial charge in [-0.2, -0.15) is 4.98 Å². The molecule has 2 amide bonds. The first kappa shape index (κ1) is 19.8. The molecular formula is C21H20N4O4S. The highest BCUT2D eigenvalue weighted by molar-refractivity contribution is 7.12. The standard InChI is InChI=1S/C21H20N4O4S/c1-14(26)15-4-6-16(7-5-15)24-8-10-25(11-9-24)20(28)17-13-29-21(22-17)23-19(27)18-3-2-12-30-18/h2-7,12-13H,8-11H2,1H3,(H,22,23,27). The fourth-order valence-electron chi connectivity index (χ4n) is 3.23. The van der Waals surface area contributed by atoms with Gasteiger partial charge >= 0.3 is 6.01 Å². The minimum atomic E-state index is -0.324. The van der Waals surface area contributed by atoms with Gasteiger partial charge in [0.05, 0.1) is 4.88 Å². The van der Waals surface area contributed by atoms with E-state index in [0.717, 1.165) is 5.69 Å². The van der Waals surface area contributed by atoms with Crippen LogP contribution in [0.2, 0.25) is 0 Å². The third-order valence-electron chi connectivity index (χ3n) is 4.89. The van der Waals surface area contributed by atoms with Gasteiger partial charge in [-0.3, -0.25) is 19.7 Å². The third kappa shape index (κ3) is 4.25. The number of aromatic nitrogens is 1. The lowest BCUT2D eigenvalue weighted by Crippen LogP contribution is -2.48. The van der Waals surface area contributed by atoms with Crippen LogP contribution in [0.25, 0.3) is 0 Å². The van der Waals surface area contributed by atoms with Gasteiger partial charge in [-0.1, -0.05) is 6.07 Å². The number of ketones is 1. The highest BCUT2D eigenvalue weighted by Crippen LogP contribution is 2.19. The molecule has 1 fully saturated rings. The molecule has 1 N–H and O–H groups in total. The predicted molar refractivity (Wildman–Crippen MR) is 113 cm³/mol. The number of benzene rings is 1. The van der Waals surface area contributed by atoms with E-state index in [0.29, 0.717) is 36.6 Å². The summed E-state index contributed by atoms with van der Waals surface area (Å²) in [6.07, 6.45) is 1.26. The lowest BCUT2D eigenvalue weighted by Gasteiger charge is -2.35. The van der Waals surface area contributed by atoms with Crippen molar-refractivity contribution in [1.29, 1.82) is 0 Å². The van der Waals surface area contributed by atoms with E-state index >= 15 is 0 Å². The zero-order valence-corrected chi connectivity index (χ0v) is 17.1. The van der Waals surface area contributed by atoms with Crippen molar-refractivity contribution in [3.8, 4) is 0 Å². The van der Waals surface area contributed by atoms with E-state index in [1.54, 1.807) is 29.3 Å². The quantitative estimate of drug-likeness (QED) is 0.632. The molecule has 0 bridgehead atoms. The predicted octanol–water partition coefficient (Wildman–Crippen LogP) is 3.15. The van der Waals surface area contributed by atoms with Gasteiger partial charge in [-0.25, -0.2) is 0 Å². The summed E-state index contributed by atoms with van der Waals surface area (Å²) in [6, 6.07) is 11.0. The van der Waals surface area contributed by atoms with Crippen molar-refractivity contribution in [1.82, 2.24) is 9.88 Å². The Balaban J connectivity index is 1.33. The van der Waals surface area contributed by atoms with Crippen molar-refractivity contribution >= 4 is 40.6 Å². The van der Waals surface area contributed by atoms with Gasteiger partial charge < -0.3 is 14.2 Å². The lowest BCUT2D eigenvalue weighted by molar-refractivity contribution is 0.0740. The van der Waals surface area contributed by atoms with Crippen molar-refractivity contribution in [2.24, 2.45) is 0 Å². The summed E-state index contributed by atoms with van der Waals surface area (Å²) in [5, 5.41) is 4.36. The molecule has 0 saturated carbocycles. The normalized spacial score (nSPS) is 13.9. The molecule has 0 radical (unpaired) electrons. The van der Waals surface area contributed by atoms with Crippen LogP contribution in [0.1, 0.15) is 37.4 Å². The summed E-state index contributed by atoms with van der Waals surface area (Å²) in [6.45, 7) is 3.96. The first-order chi connectivity index (χ1) is 14.5. The Bertz CT molecular complexity index is 1050. The van der Waals surface area contributed by atoms with Gasteiger partial charge in [0.15, 0.2) is 11.5 Å². The van der Waals surface area contributed by atoms with Crippen LogP contribution in [0.3, 0.4) is 0 Å². The number of hydrogen-bond acceptors (Lipinski definition) is 7. The number of rotatable bonds is 5. The molecule has 1 aromatic carbocycles. The highest BCUT2D eigenvalue weighted by atomic mass is 32.1. The number of Topliss-reactive ketones (excluding diaryl/α,β-unsaturated/α-hetero) is 1. The molecule has 2 aromatic heterocycles. The Kier molecular flexibility index (Phi) is 5.62. The molecule has 8 nitrogen and oxygen atoms in total. The van der Waals surface area contributed by atoms with Gasteiger partial charge in [0.2, 0.25) is 0 Å². The Morgan fingerprint density at radius 1 is 1.07 bits per heavy atom. The van der Waals surface area contributed by atoms with E-state index in [9.17, 15) is 14.4 Å². The van der Waals surface area contributed by atoms with Crippen LogP contribution >= 0.6 is 11.3 Å². The third-order valence-corrected chi connectivity index (χ3v) is 5.76. The van der Waals surface area contributed by atoms with E-state index in [2.05, 4.69) is 15.2 Å². The van der Waals surface area contributed by atoms with Gasteiger partial charge in [-0.05, 0) is 42.6 Å². The van der Waals surface area contributed by atoms with Crippen molar-refractivity contribution in [3.63, 3.8) is 0 Å². The number of oxazole rings is 1. The summed E-state index contributed by atoms with van der Waals surface area (Å²) >= 11 is 1.31. The van der Waals surface area contributed by atoms with Crippen LogP contribution in [0.5, 0.6) is 0 Å². The van der Waals surface area contributed by atoms with Crippen LogP contribution in [-0.2, 0) is 0 Å². The van der Waals surface area contributed by atoms with E-state index in [1.165, 1.54) is 17.6 Å². The number of nitrogens with one attached hydrogen (secondary N) is 1.